The number of benzene rings is 2. The topological polar surface area (TPSA) is 89.1 Å². The summed E-state index contributed by atoms with van der Waals surface area (Å²) in [6.45, 7) is 3.05. The van der Waals surface area contributed by atoms with Crippen molar-refractivity contribution in [3.05, 3.63) is 42.0 Å². The van der Waals surface area contributed by atoms with E-state index < -0.39 is 5.97 Å². The van der Waals surface area contributed by atoms with Gasteiger partial charge in [-0.3, -0.25) is 4.79 Å². The minimum atomic E-state index is -0.833. The summed E-state index contributed by atoms with van der Waals surface area (Å²) in [6, 6.07) is 10.8. The number of phenolic OH excluding ortho intramolecular Hbond substituents is 1. The molecule has 6 heteroatoms. The minimum absolute atomic E-state index is 0.128. The van der Waals surface area contributed by atoms with Crippen LogP contribution in [0.3, 0.4) is 0 Å². The van der Waals surface area contributed by atoms with Crippen LogP contribution >= 0.6 is 0 Å². The molecule has 0 radical (unpaired) electrons. The molecule has 0 aliphatic carbocycles. The molecule has 3 aromatic rings. The van der Waals surface area contributed by atoms with Crippen LogP contribution in [0.25, 0.3) is 22.3 Å². The van der Waals surface area contributed by atoms with Crippen LogP contribution in [0, 0.1) is 6.92 Å². The second-order valence-electron chi connectivity index (χ2n) is 5.32. The Balaban J connectivity index is 0.000000511. The molecule has 0 unspecified atom stereocenters. The molecule has 0 bridgehead atoms. The van der Waals surface area contributed by atoms with Gasteiger partial charge in [0.25, 0.3) is 5.97 Å². The van der Waals surface area contributed by atoms with Crippen molar-refractivity contribution in [2.45, 2.75) is 13.8 Å². The van der Waals surface area contributed by atoms with Crippen molar-refractivity contribution < 1.29 is 28.9 Å². The molecule has 0 saturated heterocycles. The van der Waals surface area contributed by atoms with Crippen molar-refractivity contribution in [2.24, 2.45) is 0 Å². The Labute approximate surface area is 145 Å². The van der Waals surface area contributed by atoms with E-state index in [0.717, 1.165) is 29.2 Å². The summed E-state index contributed by atoms with van der Waals surface area (Å²) in [6.07, 6.45) is 0. The highest BCUT2D eigenvalue weighted by atomic mass is 16.5. The molecule has 1 aromatic heterocycles. The molecule has 0 saturated carbocycles. The molecule has 0 amide bonds. The normalized spacial score (nSPS) is 10.1. The first-order valence-electron chi connectivity index (χ1n) is 7.51. The summed E-state index contributed by atoms with van der Waals surface area (Å²) in [5.41, 5.74) is 2.36. The van der Waals surface area contributed by atoms with E-state index in [2.05, 4.69) is 0 Å². The van der Waals surface area contributed by atoms with E-state index in [1.165, 1.54) is 0 Å². The second-order valence-corrected chi connectivity index (χ2v) is 5.32. The van der Waals surface area contributed by atoms with Crippen molar-refractivity contribution in [3.63, 3.8) is 0 Å². The number of aromatic hydroxyl groups is 1. The lowest BCUT2D eigenvalue weighted by Gasteiger charge is -2.05. The van der Waals surface area contributed by atoms with Gasteiger partial charge in [-0.2, -0.15) is 0 Å². The Morgan fingerprint density at radius 2 is 1.60 bits per heavy atom. The predicted molar refractivity (Wildman–Crippen MR) is 94.5 cm³/mol. The van der Waals surface area contributed by atoms with E-state index in [9.17, 15) is 5.11 Å². The SMILES string of the molecule is CC(=O)O.COc1ccc(-c2oc3cc(OC)ccc3c2C)c(O)c1. The number of carboxylic acids is 1. The lowest BCUT2D eigenvalue weighted by atomic mass is 10.1. The summed E-state index contributed by atoms with van der Waals surface area (Å²) in [5.74, 6) is 1.29. The van der Waals surface area contributed by atoms with E-state index in [1.54, 1.807) is 32.4 Å². The zero-order valence-electron chi connectivity index (χ0n) is 14.5. The predicted octanol–water partition coefficient (Wildman–Crippen LogP) is 4.22. The highest BCUT2D eigenvalue weighted by Gasteiger charge is 2.16. The van der Waals surface area contributed by atoms with Crippen LogP contribution in [-0.4, -0.2) is 30.4 Å². The molecule has 0 aliphatic heterocycles. The lowest BCUT2D eigenvalue weighted by molar-refractivity contribution is -0.134. The summed E-state index contributed by atoms with van der Waals surface area (Å²) >= 11 is 0. The monoisotopic (exact) mass is 344 g/mol. The van der Waals surface area contributed by atoms with Gasteiger partial charge in [-0.1, -0.05) is 0 Å². The quantitative estimate of drug-likeness (QED) is 0.739. The number of carbonyl (C=O) groups is 1. The summed E-state index contributed by atoms with van der Waals surface area (Å²) < 4.78 is 16.2. The third-order valence-electron chi connectivity index (χ3n) is 3.59. The van der Waals surface area contributed by atoms with Gasteiger partial charge in [0, 0.05) is 30.0 Å². The van der Waals surface area contributed by atoms with Crippen molar-refractivity contribution in [2.75, 3.05) is 14.2 Å². The maximum absolute atomic E-state index is 10.2. The number of aliphatic carboxylic acids is 1. The molecule has 1 heterocycles. The first-order valence-corrected chi connectivity index (χ1v) is 7.51. The summed E-state index contributed by atoms with van der Waals surface area (Å²) in [4.78, 5) is 9.00. The number of phenols is 1. The van der Waals surface area contributed by atoms with Gasteiger partial charge < -0.3 is 24.1 Å². The number of fused-ring (bicyclic) bond motifs is 1. The van der Waals surface area contributed by atoms with Crippen LogP contribution < -0.4 is 9.47 Å². The molecule has 0 aliphatic rings. The molecular weight excluding hydrogens is 324 g/mol. The standard InChI is InChI=1S/C17H16O4.C2H4O2/c1-10-13-6-4-12(20-3)9-16(13)21-17(10)14-7-5-11(19-2)8-15(14)18;1-2(3)4/h4-9,18H,1-3H3;1H3,(H,3,4). The Morgan fingerprint density at radius 1 is 1.04 bits per heavy atom. The minimum Gasteiger partial charge on any atom is -0.507 e. The average molecular weight is 344 g/mol. The van der Waals surface area contributed by atoms with Crippen LogP contribution in [0.4, 0.5) is 0 Å². The van der Waals surface area contributed by atoms with E-state index in [1.807, 2.05) is 25.1 Å². The number of methoxy groups -OCH3 is 2. The van der Waals surface area contributed by atoms with E-state index in [-0.39, 0.29) is 5.75 Å². The number of hydrogen-bond acceptors (Lipinski definition) is 5. The van der Waals surface area contributed by atoms with Crippen molar-refractivity contribution in [1.29, 1.82) is 0 Å². The van der Waals surface area contributed by atoms with Crippen molar-refractivity contribution in [1.82, 2.24) is 0 Å². The number of carboxylic acid groups (broad SMARTS) is 1. The lowest BCUT2D eigenvalue weighted by Crippen LogP contribution is -1.84. The third kappa shape index (κ3) is 4.03. The third-order valence-corrected chi connectivity index (χ3v) is 3.59. The van der Waals surface area contributed by atoms with E-state index >= 15 is 0 Å². The molecule has 6 nitrogen and oxygen atoms in total. The van der Waals surface area contributed by atoms with Crippen LogP contribution in [0.1, 0.15) is 12.5 Å². The fourth-order valence-corrected chi connectivity index (χ4v) is 2.42. The molecule has 2 aromatic carbocycles. The average Bonchev–Trinajstić information content (AvgIpc) is 2.90. The van der Waals surface area contributed by atoms with Gasteiger partial charge in [0.2, 0.25) is 0 Å². The molecule has 0 atom stereocenters. The maximum Gasteiger partial charge on any atom is 0.300 e. The van der Waals surface area contributed by atoms with Gasteiger partial charge in [-0.25, -0.2) is 0 Å². The first kappa shape index (κ1) is 18.2. The van der Waals surface area contributed by atoms with Gasteiger partial charge in [-0.15, -0.1) is 0 Å². The smallest absolute Gasteiger partial charge is 0.300 e. The van der Waals surface area contributed by atoms with Crippen molar-refractivity contribution >= 4 is 16.9 Å². The number of aryl methyl sites for hydroxylation is 1. The van der Waals surface area contributed by atoms with Crippen LogP contribution in [0.2, 0.25) is 0 Å². The van der Waals surface area contributed by atoms with Gasteiger partial charge in [0.05, 0.1) is 19.8 Å². The van der Waals surface area contributed by atoms with Gasteiger partial charge >= 0.3 is 0 Å². The zero-order chi connectivity index (χ0) is 18.6. The fraction of sp³-hybridized carbons (Fsp3) is 0.211. The zero-order valence-corrected chi connectivity index (χ0v) is 14.5. The van der Waals surface area contributed by atoms with E-state index in [4.69, 9.17) is 23.8 Å². The first-order chi connectivity index (χ1) is 11.9. The molecule has 0 spiro atoms. The van der Waals surface area contributed by atoms with Gasteiger partial charge in [0.1, 0.15) is 28.6 Å². The highest BCUT2D eigenvalue weighted by molar-refractivity contribution is 5.89. The summed E-state index contributed by atoms with van der Waals surface area (Å²) in [5, 5.41) is 18.6. The molecule has 25 heavy (non-hydrogen) atoms. The number of hydrogen-bond donors (Lipinski definition) is 2. The Bertz CT molecular complexity index is 890. The Kier molecular flexibility index (Phi) is 5.54. The second kappa shape index (κ2) is 7.61. The van der Waals surface area contributed by atoms with Crippen LogP contribution in [-0.2, 0) is 4.79 Å². The number of rotatable bonds is 3. The number of furan rings is 1. The van der Waals surface area contributed by atoms with E-state index in [0.29, 0.717) is 17.1 Å². The Morgan fingerprint density at radius 3 is 2.16 bits per heavy atom. The van der Waals surface area contributed by atoms with Crippen molar-refractivity contribution in [3.8, 4) is 28.6 Å². The highest BCUT2D eigenvalue weighted by Crippen LogP contribution is 2.39. The molecule has 0 fully saturated rings. The molecular formula is C19H20O6. The van der Waals surface area contributed by atoms with Crippen LogP contribution in [0.5, 0.6) is 17.2 Å². The van der Waals surface area contributed by atoms with Crippen LogP contribution in [0.15, 0.2) is 40.8 Å². The maximum atomic E-state index is 10.2. The fourth-order valence-electron chi connectivity index (χ4n) is 2.42. The summed E-state index contributed by atoms with van der Waals surface area (Å²) in [7, 11) is 3.18. The molecule has 132 valence electrons. The molecule has 3 rings (SSSR count). The number of ether oxygens (including phenoxy) is 2. The van der Waals surface area contributed by atoms with Gasteiger partial charge in [0.15, 0.2) is 0 Å². The molecule has 2 N–H and O–H groups in total. The largest absolute Gasteiger partial charge is 0.507 e. The Hall–Kier alpha value is -3.15. The van der Waals surface area contributed by atoms with Gasteiger partial charge in [-0.05, 0) is 31.2 Å².